The summed E-state index contributed by atoms with van der Waals surface area (Å²) in [5.41, 5.74) is 1.17. The monoisotopic (exact) mass is 362 g/mol. The normalized spacial score (nSPS) is 10.6. The molecule has 7 heteroatoms. The minimum absolute atomic E-state index is 0.0649. The lowest BCUT2D eigenvalue weighted by Crippen LogP contribution is -2.39. The second-order valence-electron chi connectivity index (χ2n) is 5.88. The van der Waals surface area contributed by atoms with Gasteiger partial charge in [0, 0.05) is 19.3 Å². The Hall–Kier alpha value is -2.67. The Morgan fingerprint density at radius 2 is 1.88 bits per heavy atom. The molecule has 1 aromatic heterocycles. The molecule has 0 saturated heterocycles. The largest absolute Gasteiger partial charge is 0.489 e. The topological polar surface area (TPSA) is 71.6 Å². The van der Waals surface area contributed by atoms with E-state index in [1.54, 1.807) is 25.1 Å². The number of aryl methyl sites for hydroxylation is 2. The molecule has 2 aromatic rings. The zero-order valence-electron chi connectivity index (χ0n) is 15.2. The van der Waals surface area contributed by atoms with Gasteiger partial charge in [-0.2, -0.15) is 0 Å². The lowest BCUT2D eigenvalue weighted by atomic mass is 10.1. The third-order valence-corrected chi connectivity index (χ3v) is 4.04. The first kappa shape index (κ1) is 19.7. The minimum atomic E-state index is -0.465. The van der Waals surface area contributed by atoms with E-state index in [9.17, 15) is 14.0 Å². The molecule has 1 heterocycles. The van der Waals surface area contributed by atoms with Gasteiger partial charge >= 0.3 is 0 Å². The maximum Gasteiger partial charge on any atom is 0.261 e. The number of methoxy groups -OCH3 is 1. The number of benzene rings is 1. The Labute approximate surface area is 151 Å². The van der Waals surface area contributed by atoms with Crippen LogP contribution in [0.4, 0.5) is 4.39 Å². The SMILES string of the molecule is COCCN(CCOc1ccccc1F)C(=O)c1cc(C)c(C)[nH]c1=O. The number of aromatic nitrogens is 1. The van der Waals surface area contributed by atoms with Crippen molar-refractivity contribution >= 4 is 5.91 Å². The number of ether oxygens (including phenoxy) is 2. The van der Waals surface area contributed by atoms with Crippen molar-refractivity contribution in [3.05, 3.63) is 63.3 Å². The molecule has 6 nitrogen and oxygen atoms in total. The van der Waals surface area contributed by atoms with E-state index in [-0.39, 0.29) is 24.5 Å². The number of amides is 1. The quantitative estimate of drug-likeness (QED) is 0.782. The molecule has 0 saturated carbocycles. The molecule has 0 unspecified atom stereocenters. The van der Waals surface area contributed by atoms with E-state index in [0.717, 1.165) is 11.3 Å². The van der Waals surface area contributed by atoms with E-state index < -0.39 is 17.3 Å². The lowest BCUT2D eigenvalue weighted by molar-refractivity contribution is 0.0662. The highest BCUT2D eigenvalue weighted by molar-refractivity contribution is 5.94. The van der Waals surface area contributed by atoms with Crippen LogP contribution in [0.1, 0.15) is 21.6 Å². The van der Waals surface area contributed by atoms with Crippen LogP contribution in [0, 0.1) is 19.7 Å². The number of nitrogens with zero attached hydrogens (tertiary/aromatic N) is 1. The predicted octanol–water partition coefficient (Wildman–Crippen LogP) is 2.30. The Kier molecular flexibility index (Phi) is 6.91. The van der Waals surface area contributed by atoms with Crippen LogP contribution in [0.5, 0.6) is 5.75 Å². The maximum atomic E-state index is 13.6. The molecular formula is C19H23FN2O4. The smallest absolute Gasteiger partial charge is 0.261 e. The summed E-state index contributed by atoms with van der Waals surface area (Å²) in [5.74, 6) is -0.757. The Morgan fingerprint density at radius 1 is 1.19 bits per heavy atom. The molecule has 0 fully saturated rings. The summed E-state index contributed by atoms with van der Waals surface area (Å²) in [6.45, 7) is 4.50. The number of H-pyrrole nitrogens is 1. The van der Waals surface area contributed by atoms with Crippen LogP contribution in [0.3, 0.4) is 0 Å². The second-order valence-corrected chi connectivity index (χ2v) is 5.88. The van der Waals surface area contributed by atoms with Gasteiger partial charge in [-0.25, -0.2) is 4.39 Å². The van der Waals surface area contributed by atoms with Crippen molar-refractivity contribution in [2.45, 2.75) is 13.8 Å². The predicted molar refractivity (Wildman–Crippen MR) is 96.2 cm³/mol. The molecule has 0 bridgehead atoms. The van der Waals surface area contributed by atoms with Crippen LogP contribution in [0.25, 0.3) is 0 Å². The van der Waals surface area contributed by atoms with Gasteiger partial charge in [0.05, 0.1) is 13.2 Å². The zero-order valence-corrected chi connectivity index (χ0v) is 15.2. The van der Waals surface area contributed by atoms with Crippen LogP contribution in [-0.4, -0.2) is 49.2 Å². The third kappa shape index (κ3) is 4.92. The van der Waals surface area contributed by atoms with Crippen molar-refractivity contribution in [2.24, 2.45) is 0 Å². The third-order valence-electron chi connectivity index (χ3n) is 4.04. The molecule has 0 radical (unpaired) electrons. The van der Waals surface area contributed by atoms with Gasteiger partial charge in [0.15, 0.2) is 11.6 Å². The van der Waals surface area contributed by atoms with Gasteiger partial charge in [-0.15, -0.1) is 0 Å². The fourth-order valence-electron chi connectivity index (χ4n) is 2.40. The summed E-state index contributed by atoms with van der Waals surface area (Å²) in [4.78, 5) is 29.0. The van der Waals surface area contributed by atoms with Crippen LogP contribution < -0.4 is 10.3 Å². The molecule has 1 amide bonds. The molecular weight excluding hydrogens is 339 g/mol. The minimum Gasteiger partial charge on any atom is -0.489 e. The first-order valence-corrected chi connectivity index (χ1v) is 8.30. The van der Waals surface area contributed by atoms with Crippen molar-refractivity contribution in [3.8, 4) is 5.75 Å². The van der Waals surface area contributed by atoms with Crippen LogP contribution in [0.15, 0.2) is 35.1 Å². The number of carbonyl (C=O) groups excluding carboxylic acids is 1. The number of aromatic amines is 1. The summed E-state index contributed by atoms with van der Waals surface area (Å²) >= 11 is 0. The standard InChI is InChI=1S/C19H23FN2O4/c1-13-12-15(18(23)21-14(13)2)19(24)22(8-10-25-3)9-11-26-17-7-5-4-6-16(17)20/h4-7,12H,8-11H2,1-3H3,(H,21,23). The Balaban J connectivity index is 2.11. The van der Waals surface area contributed by atoms with E-state index >= 15 is 0 Å². The molecule has 1 aromatic carbocycles. The van der Waals surface area contributed by atoms with Gasteiger partial charge in [0.1, 0.15) is 12.2 Å². The number of pyridine rings is 1. The number of para-hydroxylation sites is 1. The first-order chi connectivity index (χ1) is 12.4. The highest BCUT2D eigenvalue weighted by Crippen LogP contribution is 2.15. The number of rotatable bonds is 8. The number of nitrogens with one attached hydrogen (secondary N) is 1. The van der Waals surface area contributed by atoms with E-state index in [1.807, 2.05) is 6.92 Å². The Bertz CT molecular complexity index is 819. The van der Waals surface area contributed by atoms with E-state index in [1.165, 1.54) is 24.1 Å². The van der Waals surface area contributed by atoms with Crippen molar-refractivity contribution in [3.63, 3.8) is 0 Å². The average Bonchev–Trinajstić information content (AvgIpc) is 2.62. The van der Waals surface area contributed by atoms with Crippen LogP contribution in [0.2, 0.25) is 0 Å². The van der Waals surface area contributed by atoms with Crippen molar-refractivity contribution in [1.82, 2.24) is 9.88 Å². The van der Waals surface area contributed by atoms with Gasteiger partial charge in [-0.05, 0) is 37.6 Å². The second kappa shape index (κ2) is 9.15. The van der Waals surface area contributed by atoms with E-state index in [0.29, 0.717) is 13.2 Å². The van der Waals surface area contributed by atoms with Crippen molar-refractivity contribution in [2.75, 3.05) is 33.4 Å². The average molecular weight is 362 g/mol. The molecule has 0 atom stereocenters. The van der Waals surface area contributed by atoms with Gasteiger partial charge in [0.25, 0.3) is 11.5 Å². The van der Waals surface area contributed by atoms with Crippen LogP contribution >= 0.6 is 0 Å². The summed E-state index contributed by atoms with van der Waals surface area (Å²) in [6, 6.07) is 7.64. The lowest BCUT2D eigenvalue weighted by Gasteiger charge is -2.22. The van der Waals surface area contributed by atoms with Gasteiger partial charge in [-0.1, -0.05) is 12.1 Å². The zero-order chi connectivity index (χ0) is 19.1. The fourth-order valence-corrected chi connectivity index (χ4v) is 2.40. The molecule has 26 heavy (non-hydrogen) atoms. The van der Waals surface area contributed by atoms with Crippen molar-refractivity contribution < 1.29 is 18.7 Å². The number of halogens is 1. The molecule has 0 aliphatic heterocycles. The summed E-state index contributed by atoms with van der Waals surface area (Å²) in [5, 5.41) is 0. The van der Waals surface area contributed by atoms with Crippen molar-refractivity contribution in [1.29, 1.82) is 0 Å². The molecule has 140 valence electrons. The highest BCUT2D eigenvalue weighted by atomic mass is 19.1. The summed E-state index contributed by atoms with van der Waals surface area (Å²) in [7, 11) is 1.53. The molecule has 0 spiro atoms. The number of hydrogen-bond donors (Lipinski definition) is 1. The molecule has 1 N–H and O–H groups in total. The first-order valence-electron chi connectivity index (χ1n) is 8.30. The number of carbonyl (C=O) groups is 1. The number of hydrogen-bond acceptors (Lipinski definition) is 4. The highest BCUT2D eigenvalue weighted by Gasteiger charge is 2.19. The molecule has 0 aliphatic carbocycles. The summed E-state index contributed by atoms with van der Waals surface area (Å²) < 4.78 is 24.0. The van der Waals surface area contributed by atoms with Gasteiger partial charge in [0.2, 0.25) is 0 Å². The summed E-state index contributed by atoms with van der Waals surface area (Å²) in [6.07, 6.45) is 0. The molecule has 2 rings (SSSR count). The van der Waals surface area contributed by atoms with E-state index in [4.69, 9.17) is 9.47 Å². The van der Waals surface area contributed by atoms with Crippen LogP contribution in [-0.2, 0) is 4.74 Å². The maximum absolute atomic E-state index is 13.6. The van der Waals surface area contributed by atoms with Gasteiger partial charge in [-0.3, -0.25) is 9.59 Å². The fraction of sp³-hybridized carbons (Fsp3) is 0.368. The molecule has 0 aliphatic rings. The van der Waals surface area contributed by atoms with Gasteiger partial charge < -0.3 is 19.4 Å². The van der Waals surface area contributed by atoms with E-state index in [2.05, 4.69) is 4.98 Å². The Morgan fingerprint density at radius 3 is 2.58 bits per heavy atom.